The third kappa shape index (κ3) is 4.28. The third-order valence-corrected chi connectivity index (χ3v) is 3.51. The van der Waals surface area contributed by atoms with Gasteiger partial charge < -0.3 is 25.0 Å². The van der Waals surface area contributed by atoms with Gasteiger partial charge in [0.15, 0.2) is 0 Å². The number of aromatic hydroxyl groups is 2. The van der Waals surface area contributed by atoms with Crippen molar-refractivity contribution in [2.24, 2.45) is 5.92 Å². The molecule has 21 heavy (non-hydrogen) atoms. The molecule has 5 nitrogen and oxygen atoms in total. The van der Waals surface area contributed by atoms with Crippen molar-refractivity contribution < 1.29 is 20.1 Å². The highest BCUT2D eigenvalue weighted by Crippen LogP contribution is 2.29. The SMILES string of the molecule is CC(C)C(Cc1cc(O)ccc1O)N(C(=O)[O-])C(C)(C)C. The highest BCUT2D eigenvalue weighted by Gasteiger charge is 2.31. The van der Waals surface area contributed by atoms with Gasteiger partial charge in [-0.25, -0.2) is 0 Å². The molecule has 1 aromatic rings. The standard InChI is InChI=1S/C16H25NO4/c1-10(2)13(17(15(20)21)16(3,4)5)9-11-8-12(18)6-7-14(11)19/h6-8,10,13,18-19H,9H2,1-5H3,(H,20,21)/p-1. The highest BCUT2D eigenvalue weighted by molar-refractivity contribution is 5.64. The second-order valence-electron chi connectivity index (χ2n) is 6.64. The first kappa shape index (κ1) is 17.1. The Labute approximate surface area is 125 Å². The molecule has 0 radical (unpaired) electrons. The lowest BCUT2D eigenvalue weighted by Crippen LogP contribution is -2.58. The highest BCUT2D eigenvalue weighted by atomic mass is 16.4. The monoisotopic (exact) mass is 294 g/mol. The molecule has 2 N–H and O–H groups in total. The molecule has 1 unspecified atom stereocenters. The summed E-state index contributed by atoms with van der Waals surface area (Å²) in [6.07, 6.45) is -0.927. The zero-order chi connectivity index (χ0) is 16.4. The van der Waals surface area contributed by atoms with Crippen molar-refractivity contribution in [1.29, 1.82) is 0 Å². The van der Waals surface area contributed by atoms with E-state index in [9.17, 15) is 20.1 Å². The number of carboxylic acid groups (broad SMARTS) is 1. The van der Waals surface area contributed by atoms with E-state index in [1.807, 2.05) is 13.8 Å². The summed E-state index contributed by atoms with van der Waals surface area (Å²) in [5.41, 5.74) is -0.0931. The van der Waals surface area contributed by atoms with Crippen molar-refractivity contribution in [3.8, 4) is 11.5 Å². The lowest BCUT2D eigenvalue weighted by atomic mass is 9.91. The second-order valence-corrected chi connectivity index (χ2v) is 6.64. The number of carbonyl (C=O) groups excluding carboxylic acids is 1. The number of benzene rings is 1. The van der Waals surface area contributed by atoms with Crippen molar-refractivity contribution >= 4 is 6.09 Å². The molecule has 0 saturated heterocycles. The van der Waals surface area contributed by atoms with Crippen LogP contribution in [0.4, 0.5) is 4.79 Å². The Morgan fingerprint density at radius 1 is 1.29 bits per heavy atom. The van der Waals surface area contributed by atoms with E-state index in [0.717, 1.165) is 0 Å². The summed E-state index contributed by atoms with van der Waals surface area (Å²) in [5, 5.41) is 31.0. The number of phenolic OH excluding ortho intramolecular Hbond substituents is 2. The summed E-state index contributed by atoms with van der Waals surface area (Å²) in [6, 6.07) is 3.90. The van der Waals surface area contributed by atoms with Crippen LogP contribution >= 0.6 is 0 Å². The fourth-order valence-corrected chi connectivity index (χ4v) is 2.49. The maximum Gasteiger partial charge on any atom is 0.137 e. The van der Waals surface area contributed by atoms with Gasteiger partial charge in [-0.1, -0.05) is 13.8 Å². The predicted octanol–water partition coefficient (Wildman–Crippen LogP) is 2.11. The molecular formula is C16H24NO4-. The molecule has 1 aromatic carbocycles. The van der Waals surface area contributed by atoms with Crippen molar-refractivity contribution in [1.82, 2.24) is 4.90 Å². The number of phenols is 2. The van der Waals surface area contributed by atoms with Crippen LogP contribution in [-0.2, 0) is 6.42 Å². The zero-order valence-corrected chi connectivity index (χ0v) is 13.3. The van der Waals surface area contributed by atoms with Crippen LogP contribution in [-0.4, -0.2) is 32.8 Å². The first-order valence-corrected chi connectivity index (χ1v) is 7.05. The molecule has 0 aromatic heterocycles. The van der Waals surface area contributed by atoms with E-state index in [1.165, 1.54) is 23.1 Å². The molecule has 0 aliphatic heterocycles. The fraction of sp³-hybridized carbons (Fsp3) is 0.562. The minimum atomic E-state index is -1.24. The Bertz CT molecular complexity index is 505. The lowest BCUT2D eigenvalue weighted by molar-refractivity contribution is -0.274. The summed E-state index contributed by atoms with van der Waals surface area (Å²) in [6.45, 7) is 9.26. The van der Waals surface area contributed by atoms with Crippen LogP contribution in [0.25, 0.3) is 0 Å². The van der Waals surface area contributed by atoms with Gasteiger partial charge in [0.1, 0.15) is 17.6 Å². The van der Waals surface area contributed by atoms with E-state index < -0.39 is 11.6 Å². The number of amides is 1. The third-order valence-electron chi connectivity index (χ3n) is 3.51. The molecule has 0 spiro atoms. The number of nitrogens with zero attached hydrogens (tertiary/aromatic N) is 1. The van der Waals surface area contributed by atoms with E-state index in [1.54, 1.807) is 20.8 Å². The van der Waals surface area contributed by atoms with Crippen molar-refractivity contribution in [3.63, 3.8) is 0 Å². The molecule has 1 atom stereocenters. The Kier molecular flexibility index (Phi) is 5.10. The predicted molar refractivity (Wildman–Crippen MR) is 79.1 cm³/mol. The van der Waals surface area contributed by atoms with E-state index in [-0.39, 0.29) is 23.5 Å². The quantitative estimate of drug-likeness (QED) is 0.833. The van der Waals surface area contributed by atoms with Crippen molar-refractivity contribution in [2.45, 2.75) is 52.6 Å². The van der Waals surface area contributed by atoms with Crippen LogP contribution in [0.15, 0.2) is 18.2 Å². The second kappa shape index (κ2) is 6.24. The average molecular weight is 294 g/mol. The molecule has 0 fully saturated rings. The maximum absolute atomic E-state index is 11.5. The van der Waals surface area contributed by atoms with Crippen LogP contribution in [0.2, 0.25) is 0 Å². The van der Waals surface area contributed by atoms with Gasteiger partial charge in [0.05, 0.1) is 0 Å². The molecule has 118 valence electrons. The molecule has 5 heteroatoms. The topological polar surface area (TPSA) is 83.8 Å². The van der Waals surface area contributed by atoms with Gasteiger partial charge >= 0.3 is 0 Å². The van der Waals surface area contributed by atoms with Crippen LogP contribution < -0.4 is 5.11 Å². The molecule has 0 heterocycles. The van der Waals surface area contributed by atoms with Crippen molar-refractivity contribution in [2.75, 3.05) is 0 Å². The number of hydrogen-bond donors (Lipinski definition) is 2. The maximum atomic E-state index is 11.5. The van der Waals surface area contributed by atoms with Crippen LogP contribution in [0, 0.1) is 5.92 Å². The smallest absolute Gasteiger partial charge is 0.137 e. The van der Waals surface area contributed by atoms with E-state index in [4.69, 9.17) is 0 Å². The van der Waals surface area contributed by atoms with Crippen molar-refractivity contribution in [3.05, 3.63) is 23.8 Å². The Morgan fingerprint density at radius 2 is 1.86 bits per heavy atom. The molecule has 0 aliphatic carbocycles. The summed E-state index contributed by atoms with van der Waals surface area (Å²) in [7, 11) is 0. The molecule has 0 aliphatic rings. The van der Waals surface area contributed by atoms with E-state index >= 15 is 0 Å². The molecular weight excluding hydrogens is 270 g/mol. The fourth-order valence-electron chi connectivity index (χ4n) is 2.49. The first-order valence-electron chi connectivity index (χ1n) is 7.05. The van der Waals surface area contributed by atoms with E-state index in [2.05, 4.69) is 0 Å². The number of rotatable bonds is 4. The Hall–Kier alpha value is -1.91. The first-order chi connectivity index (χ1) is 9.54. The van der Waals surface area contributed by atoms with Gasteiger partial charge in [-0.05, 0) is 56.9 Å². The van der Waals surface area contributed by atoms with Gasteiger partial charge in [-0.15, -0.1) is 0 Å². The van der Waals surface area contributed by atoms with Crippen LogP contribution in [0.5, 0.6) is 11.5 Å². The Balaban J connectivity index is 3.18. The minimum absolute atomic E-state index is 0.0314. The Morgan fingerprint density at radius 3 is 2.29 bits per heavy atom. The van der Waals surface area contributed by atoms with Gasteiger partial charge in [-0.2, -0.15) is 0 Å². The number of hydrogen-bond acceptors (Lipinski definition) is 4. The van der Waals surface area contributed by atoms with Gasteiger partial charge in [0.25, 0.3) is 0 Å². The largest absolute Gasteiger partial charge is 0.530 e. The van der Waals surface area contributed by atoms with Crippen LogP contribution in [0.1, 0.15) is 40.2 Å². The average Bonchev–Trinajstić information content (AvgIpc) is 2.30. The van der Waals surface area contributed by atoms with E-state index in [0.29, 0.717) is 12.0 Å². The summed E-state index contributed by atoms with van der Waals surface area (Å²) in [5.74, 6) is 0.121. The summed E-state index contributed by atoms with van der Waals surface area (Å²) < 4.78 is 0. The number of carbonyl (C=O) groups is 1. The molecule has 1 rings (SSSR count). The van der Waals surface area contributed by atoms with Gasteiger partial charge in [-0.3, -0.25) is 0 Å². The molecule has 0 bridgehead atoms. The van der Waals surface area contributed by atoms with Gasteiger partial charge in [0, 0.05) is 11.6 Å². The summed E-state index contributed by atoms with van der Waals surface area (Å²) >= 11 is 0. The summed E-state index contributed by atoms with van der Waals surface area (Å²) in [4.78, 5) is 12.8. The van der Waals surface area contributed by atoms with Gasteiger partial charge in [0.2, 0.25) is 0 Å². The molecule has 1 amide bonds. The molecule has 0 saturated carbocycles. The minimum Gasteiger partial charge on any atom is -0.530 e. The normalized spacial score (nSPS) is 13.2. The van der Waals surface area contributed by atoms with Crippen LogP contribution in [0.3, 0.4) is 0 Å². The zero-order valence-electron chi connectivity index (χ0n) is 13.3. The lowest BCUT2D eigenvalue weighted by Gasteiger charge is -2.45.